The van der Waals surface area contributed by atoms with Gasteiger partial charge in [-0.15, -0.1) is 0 Å². The van der Waals surface area contributed by atoms with E-state index in [1.807, 2.05) is 24.4 Å². The molecule has 3 aromatic carbocycles. The van der Waals surface area contributed by atoms with Crippen LogP contribution in [0.25, 0.3) is 10.8 Å². The van der Waals surface area contributed by atoms with Gasteiger partial charge in [-0.25, -0.2) is 0 Å². The fourth-order valence-electron chi connectivity index (χ4n) is 3.77. The lowest BCUT2D eigenvalue weighted by molar-refractivity contribution is 0.131. The zero-order chi connectivity index (χ0) is 20.1. The van der Waals surface area contributed by atoms with Gasteiger partial charge in [-0.2, -0.15) is 5.10 Å². The highest BCUT2D eigenvalue weighted by molar-refractivity contribution is 5.85. The molecule has 0 bridgehead atoms. The van der Waals surface area contributed by atoms with Gasteiger partial charge in [0.1, 0.15) is 11.5 Å². The van der Waals surface area contributed by atoms with E-state index >= 15 is 0 Å². The summed E-state index contributed by atoms with van der Waals surface area (Å²) in [5.74, 6) is 1.59. The maximum absolute atomic E-state index is 5.43. The summed E-state index contributed by atoms with van der Waals surface area (Å²) in [6.07, 6.45) is 1.86. The highest BCUT2D eigenvalue weighted by atomic mass is 16.5. The number of methoxy groups -OCH3 is 2. The fourth-order valence-corrected chi connectivity index (χ4v) is 3.77. The molecule has 0 N–H and O–H groups in total. The molecule has 0 unspecified atom stereocenters. The predicted octanol–water partition coefficient (Wildman–Crippen LogP) is 4.01. The normalized spacial score (nSPS) is 15.2. The van der Waals surface area contributed by atoms with E-state index in [1.54, 1.807) is 14.2 Å². The van der Waals surface area contributed by atoms with Crippen LogP contribution in [0.3, 0.4) is 0 Å². The second-order valence-electron chi connectivity index (χ2n) is 7.22. The minimum absolute atomic E-state index is 0.796. The lowest BCUT2D eigenvalue weighted by Crippen LogP contribution is -2.43. The first kappa shape index (κ1) is 19.3. The molecule has 3 aromatic rings. The Morgan fingerprint density at radius 1 is 0.897 bits per heavy atom. The SMILES string of the molecule is COc1ccc(OC)c(/C=N/N2CCN(Cc3cccc4ccccc34)CC2)c1. The van der Waals surface area contributed by atoms with E-state index in [1.165, 1.54) is 16.3 Å². The highest BCUT2D eigenvalue weighted by Crippen LogP contribution is 2.23. The number of benzene rings is 3. The summed E-state index contributed by atoms with van der Waals surface area (Å²) in [6.45, 7) is 4.79. The van der Waals surface area contributed by atoms with Gasteiger partial charge in [-0.1, -0.05) is 42.5 Å². The van der Waals surface area contributed by atoms with E-state index in [0.717, 1.165) is 49.8 Å². The van der Waals surface area contributed by atoms with Crippen molar-refractivity contribution in [2.75, 3.05) is 40.4 Å². The quantitative estimate of drug-likeness (QED) is 0.597. The van der Waals surface area contributed by atoms with Crippen LogP contribution in [0, 0.1) is 0 Å². The lowest BCUT2D eigenvalue weighted by Gasteiger charge is -2.33. The summed E-state index contributed by atoms with van der Waals surface area (Å²) in [5, 5.41) is 9.45. The topological polar surface area (TPSA) is 37.3 Å². The number of piperazine rings is 1. The van der Waals surface area contributed by atoms with Crippen LogP contribution >= 0.6 is 0 Å². The first-order valence-electron chi connectivity index (χ1n) is 9.97. The molecule has 1 aliphatic heterocycles. The van der Waals surface area contributed by atoms with E-state index in [0.29, 0.717) is 0 Å². The predicted molar refractivity (Wildman–Crippen MR) is 118 cm³/mol. The number of hydrogen-bond acceptors (Lipinski definition) is 5. The van der Waals surface area contributed by atoms with Gasteiger partial charge in [0, 0.05) is 38.3 Å². The van der Waals surface area contributed by atoms with Crippen LogP contribution in [-0.2, 0) is 6.54 Å². The molecule has 1 saturated heterocycles. The van der Waals surface area contributed by atoms with Crippen LogP contribution in [0.4, 0.5) is 0 Å². The molecule has 0 saturated carbocycles. The van der Waals surface area contributed by atoms with Crippen molar-refractivity contribution in [3.63, 3.8) is 0 Å². The van der Waals surface area contributed by atoms with Crippen LogP contribution in [0.5, 0.6) is 11.5 Å². The van der Waals surface area contributed by atoms with Crippen molar-refractivity contribution in [3.8, 4) is 11.5 Å². The molecule has 0 amide bonds. The molecule has 0 aromatic heterocycles. The Bertz CT molecular complexity index is 989. The molecule has 1 aliphatic rings. The van der Waals surface area contributed by atoms with Gasteiger partial charge in [-0.3, -0.25) is 9.91 Å². The van der Waals surface area contributed by atoms with E-state index in [4.69, 9.17) is 9.47 Å². The van der Waals surface area contributed by atoms with E-state index in [9.17, 15) is 0 Å². The molecule has 5 heteroatoms. The van der Waals surface area contributed by atoms with Crippen molar-refractivity contribution in [1.82, 2.24) is 9.91 Å². The molecule has 29 heavy (non-hydrogen) atoms. The molecule has 0 spiro atoms. The maximum atomic E-state index is 5.43. The molecule has 150 valence electrons. The first-order valence-corrected chi connectivity index (χ1v) is 9.97. The second kappa shape index (κ2) is 8.97. The van der Waals surface area contributed by atoms with Crippen molar-refractivity contribution in [2.24, 2.45) is 5.10 Å². The van der Waals surface area contributed by atoms with Crippen LogP contribution in [0.1, 0.15) is 11.1 Å². The smallest absolute Gasteiger partial charge is 0.127 e. The third-order valence-corrected chi connectivity index (χ3v) is 5.42. The molecule has 5 nitrogen and oxygen atoms in total. The van der Waals surface area contributed by atoms with Crippen LogP contribution < -0.4 is 9.47 Å². The Labute approximate surface area is 172 Å². The van der Waals surface area contributed by atoms with Gasteiger partial charge < -0.3 is 9.47 Å². The van der Waals surface area contributed by atoms with Crippen molar-refractivity contribution in [3.05, 3.63) is 71.8 Å². The molecule has 4 rings (SSSR count). The van der Waals surface area contributed by atoms with E-state index < -0.39 is 0 Å². The largest absolute Gasteiger partial charge is 0.497 e. The number of nitrogens with zero attached hydrogens (tertiary/aromatic N) is 3. The van der Waals surface area contributed by atoms with Crippen molar-refractivity contribution in [1.29, 1.82) is 0 Å². The summed E-state index contributed by atoms with van der Waals surface area (Å²) in [5.41, 5.74) is 2.31. The third kappa shape index (κ3) is 4.51. The first-order chi connectivity index (χ1) is 14.3. The number of fused-ring (bicyclic) bond motifs is 1. The summed E-state index contributed by atoms with van der Waals surface area (Å²) < 4.78 is 10.7. The standard InChI is InChI=1S/C24H27N3O2/c1-28-22-10-11-24(29-2)21(16-22)17-25-27-14-12-26(13-15-27)18-20-8-5-7-19-6-3-4-9-23(19)20/h3-11,16-17H,12-15,18H2,1-2H3/b25-17+. The Hall–Kier alpha value is -3.05. The minimum atomic E-state index is 0.796. The molecule has 0 radical (unpaired) electrons. The van der Waals surface area contributed by atoms with Crippen molar-refractivity contribution >= 4 is 17.0 Å². The van der Waals surface area contributed by atoms with Gasteiger partial charge in [0.2, 0.25) is 0 Å². The Morgan fingerprint density at radius 3 is 2.48 bits per heavy atom. The number of ether oxygens (including phenoxy) is 2. The summed E-state index contributed by atoms with van der Waals surface area (Å²) in [4.78, 5) is 2.50. The minimum Gasteiger partial charge on any atom is -0.497 e. The van der Waals surface area contributed by atoms with E-state index in [2.05, 4.69) is 57.5 Å². The maximum Gasteiger partial charge on any atom is 0.127 e. The summed E-state index contributed by atoms with van der Waals surface area (Å²) in [6, 6.07) is 20.9. The van der Waals surface area contributed by atoms with Gasteiger partial charge >= 0.3 is 0 Å². The lowest BCUT2D eigenvalue weighted by atomic mass is 10.0. The number of hydrazone groups is 1. The van der Waals surface area contributed by atoms with Crippen molar-refractivity contribution < 1.29 is 9.47 Å². The Balaban J connectivity index is 1.38. The molecule has 0 atom stereocenters. The Kier molecular flexibility index (Phi) is 5.96. The van der Waals surface area contributed by atoms with Crippen LogP contribution in [-0.4, -0.2) is 56.5 Å². The third-order valence-electron chi connectivity index (χ3n) is 5.42. The molecule has 0 aliphatic carbocycles. The van der Waals surface area contributed by atoms with Gasteiger partial charge in [0.25, 0.3) is 0 Å². The van der Waals surface area contributed by atoms with Crippen LogP contribution in [0.15, 0.2) is 65.8 Å². The molecule has 1 heterocycles. The zero-order valence-corrected chi connectivity index (χ0v) is 17.0. The van der Waals surface area contributed by atoms with Crippen LogP contribution in [0.2, 0.25) is 0 Å². The molecular formula is C24H27N3O2. The summed E-state index contributed by atoms with van der Waals surface area (Å²) >= 11 is 0. The average molecular weight is 389 g/mol. The average Bonchev–Trinajstić information content (AvgIpc) is 2.78. The highest BCUT2D eigenvalue weighted by Gasteiger charge is 2.16. The monoisotopic (exact) mass is 389 g/mol. The van der Waals surface area contributed by atoms with E-state index in [-0.39, 0.29) is 0 Å². The number of rotatable bonds is 6. The summed E-state index contributed by atoms with van der Waals surface area (Å²) in [7, 11) is 3.34. The van der Waals surface area contributed by atoms with Crippen molar-refractivity contribution in [2.45, 2.75) is 6.54 Å². The molecular weight excluding hydrogens is 362 g/mol. The number of hydrogen-bond donors (Lipinski definition) is 0. The Morgan fingerprint density at radius 2 is 1.69 bits per heavy atom. The second-order valence-corrected chi connectivity index (χ2v) is 7.22. The van der Waals surface area contributed by atoms with Gasteiger partial charge in [-0.05, 0) is 34.5 Å². The fraction of sp³-hybridized carbons (Fsp3) is 0.292. The van der Waals surface area contributed by atoms with Gasteiger partial charge in [0.15, 0.2) is 0 Å². The zero-order valence-electron chi connectivity index (χ0n) is 17.0. The van der Waals surface area contributed by atoms with Gasteiger partial charge in [0.05, 0.1) is 20.4 Å². The molecule has 1 fully saturated rings.